The molecule has 0 bridgehead atoms. The molecule has 0 radical (unpaired) electrons. The van der Waals surface area contributed by atoms with E-state index in [4.69, 9.17) is 9.47 Å². The molecule has 1 aromatic rings. The monoisotopic (exact) mass is 374 g/mol. The van der Waals surface area contributed by atoms with E-state index in [-0.39, 0.29) is 5.97 Å². The van der Waals surface area contributed by atoms with Gasteiger partial charge in [0, 0.05) is 24.9 Å². The van der Waals surface area contributed by atoms with Gasteiger partial charge < -0.3 is 19.7 Å². The first-order valence-electron chi connectivity index (χ1n) is 10.2. The minimum atomic E-state index is -0.500. The van der Waals surface area contributed by atoms with Crippen molar-refractivity contribution in [1.82, 2.24) is 4.90 Å². The number of esters is 1. The number of hydrogen-bond donors (Lipinski definition) is 1. The second-order valence-corrected chi connectivity index (χ2v) is 8.92. The highest BCUT2D eigenvalue weighted by atomic mass is 16.6. The maximum Gasteiger partial charge on any atom is 0.340 e. The van der Waals surface area contributed by atoms with Crippen LogP contribution in [0, 0.1) is 0 Å². The topological polar surface area (TPSA) is 50.8 Å². The maximum atomic E-state index is 12.8. The van der Waals surface area contributed by atoms with Gasteiger partial charge in [-0.3, -0.25) is 0 Å². The Kier molecular flexibility index (Phi) is 6.43. The van der Waals surface area contributed by atoms with E-state index in [9.17, 15) is 4.79 Å². The second kappa shape index (κ2) is 8.61. The molecule has 0 aliphatic carbocycles. The van der Waals surface area contributed by atoms with Crippen LogP contribution in [0.5, 0.6) is 0 Å². The fraction of sp³-hybridized carbons (Fsp3) is 0.682. The zero-order valence-electron chi connectivity index (χ0n) is 17.2. The summed E-state index contributed by atoms with van der Waals surface area (Å²) < 4.78 is 11.1. The van der Waals surface area contributed by atoms with Crippen LogP contribution >= 0.6 is 0 Å². The number of nitrogens with zero attached hydrogens (tertiary/aromatic N) is 1. The van der Waals surface area contributed by atoms with Gasteiger partial charge in [-0.15, -0.1) is 0 Å². The third kappa shape index (κ3) is 5.69. The molecule has 27 heavy (non-hydrogen) atoms. The lowest BCUT2D eigenvalue weighted by atomic mass is 9.88. The summed E-state index contributed by atoms with van der Waals surface area (Å²) in [4.78, 5) is 15.1. The molecule has 5 nitrogen and oxygen atoms in total. The number of likely N-dealkylation sites (tertiary alicyclic amines) is 1. The molecule has 5 heteroatoms. The van der Waals surface area contributed by atoms with Gasteiger partial charge >= 0.3 is 5.97 Å². The van der Waals surface area contributed by atoms with Gasteiger partial charge in [0.15, 0.2) is 0 Å². The fourth-order valence-corrected chi connectivity index (χ4v) is 3.85. The molecule has 0 saturated carbocycles. The third-order valence-corrected chi connectivity index (χ3v) is 5.43. The number of carbonyl (C=O) groups excluding carboxylic acids is 1. The standard InChI is InChI=1S/C22H34N2O3/c1-22(2,3)27-21(25)19-6-5-17(16-7-11-24(4)12-8-16)15-20(19)23-18-9-13-26-14-10-18/h5-6,15-16,18,23H,7-14H2,1-4H3. The van der Waals surface area contributed by atoms with Crippen molar-refractivity contribution in [1.29, 1.82) is 0 Å². The molecule has 150 valence electrons. The molecule has 0 aromatic heterocycles. The summed E-state index contributed by atoms with van der Waals surface area (Å²) in [6.45, 7) is 9.51. The average molecular weight is 375 g/mol. The van der Waals surface area contributed by atoms with Crippen molar-refractivity contribution in [2.45, 2.75) is 64.0 Å². The summed E-state index contributed by atoms with van der Waals surface area (Å²) in [6.07, 6.45) is 4.26. The summed E-state index contributed by atoms with van der Waals surface area (Å²) in [6, 6.07) is 6.59. The molecular weight excluding hydrogens is 340 g/mol. The highest BCUT2D eigenvalue weighted by molar-refractivity contribution is 5.96. The molecule has 3 rings (SSSR count). The van der Waals surface area contributed by atoms with E-state index in [0.717, 1.165) is 44.8 Å². The third-order valence-electron chi connectivity index (χ3n) is 5.43. The van der Waals surface area contributed by atoms with E-state index in [1.165, 1.54) is 18.4 Å². The average Bonchev–Trinajstić information content (AvgIpc) is 2.61. The normalized spacial score (nSPS) is 20.4. The Morgan fingerprint density at radius 1 is 1.15 bits per heavy atom. The Labute approximate surface area is 163 Å². The molecule has 0 atom stereocenters. The molecule has 1 N–H and O–H groups in total. The largest absolute Gasteiger partial charge is 0.456 e. The van der Waals surface area contributed by atoms with Gasteiger partial charge in [-0.2, -0.15) is 0 Å². The fourth-order valence-electron chi connectivity index (χ4n) is 3.85. The van der Waals surface area contributed by atoms with Gasteiger partial charge in [-0.1, -0.05) is 6.07 Å². The Morgan fingerprint density at radius 3 is 2.44 bits per heavy atom. The van der Waals surface area contributed by atoms with E-state index in [1.807, 2.05) is 26.8 Å². The van der Waals surface area contributed by atoms with E-state index >= 15 is 0 Å². The molecule has 0 amide bonds. The first kappa shape index (κ1) is 20.2. The number of piperidine rings is 1. The lowest BCUT2D eigenvalue weighted by Gasteiger charge is -2.30. The maximum absolute atomic E-state index is 12.8. The first-order valence-corrected chi connectivity index (χ1v) is 10.2. The molecule has 2 saturated heterocycles. The lowest BCUT2D eigenvalue weighted by Crippen LogP contribution is -2.30. The van der Waals surface area contributed by atoms with Crippen molar-refractivity contribution in [3.8, 4) is 0 Å². The molecule has 0 unspecified atom stereocenters. The van der Waals surface area contributed by atoms with Crippen LogP contribution in [-0.2, 0) is 9.47 Å². The summed E-state index contributed by atoms with van der Waals surface area (Å²) >= 11 is 0. The Morgan fingerprint density at radius 2 is 1.81 bits per heavy atom. The quantitative estimate of drug-likeness (QED) is 0.806. The van der Waals surface area contributed by atoms with Crippen LogP contribution in [0.1, 0.15) is 68.3 Å². The van der Waals surface area contributed by atoms with Crippen LogP contribution in [0.15, 0.2) is 18.2 Å². The van der Waals surface area contributed by atoms with Crippen molar-refractivity contribution in [3.63, 3.8) is 0 Å². The van der Waals surface area contributed by atoms with Crippen molar-refractivity contribution < 1.29 is 14.3 Å². The van der Waals surface area contributed by atoms with Gasteiger partial charge in [0.25, 0.3) is 0 Å². The van der Waals surface area contributed by atoms with E-state index < -0.39 is 5.60 Å². The van der Waals surface area contributed by atoms with Crippen LogP contribution < -0.4 is 5.32 Å². The Hall–Kier alpha value is -1.59. The van der Waals surface area contributed by atoms with E-state index in [1.54, 1.807) is 0 Å². The number of anilines is 1. The van der Waals surface area contributed by atoms with Gasteiger partial charge in [0.2, 0.25) is 0 Å². The Balaban J connectivity index is 1.83. The molecular formula is C22H34N2O3. The predicted molar refractivity (Wildman–Crippen MR) is 109 cm³/mol. The summed E-state index contributed by atoms with van der Waals surface area (Å²) in [5.41, 5.74) is 2.37. The van der Waals surface area contributed by atoms with Crippen LogP contribution in [-0.4, -0.2) is 55.9 Å². The summed E-state index contributed by atoms with van der Waals surface area (Å²) in [5.74, 6) is 0.302. The molecule has 0 spiro atoms. The smallest absolute Gasteiger partial charge is 0.340 e. The molecule has 2 aliphatic rings. The molecule has 2 aliphatic heterocycles. The molecule has 1 aromatic carbocycles. The number of benzene rings is 1. The SMILES string of the molecule is CN1CCC(c2ccc(C(=O)OC(C)(C)C)c(NC3CCOCC3)c2)CC1. The number of nitrogens with one attached hydrogen (secondary N) is 1. The number of rotatable bonds is 4. The van der Waals surface area contributed by atoms with Crippen LogP contribution in [0.2, 0.25) is 0 Å². The van der Waals surface area contributed by atoms with Gasteiger partial charge in [-0.25, -0.2) is 4.79 Å². The molecule has 2 heterocycles. The molecule has 2 fully saturated rings. The zero-order valence-corrected chi connectivity index (χ0v) is 17.2. The highest BCUT2D eigenvalue weighted by Crippen LogP contribution is 2.32. The number of ether oxygens (including phenoxy) is 2. The van der Waals surface area contributed by atoms with Gasteiger partial charge in [0.05, 0.1) is 5.56 Å². The summed E-state index contributed by atoms with van der Waals surface area (Å²) in [7, 11) is 2.18. The number of carbonyl (C=O) groups is 1. The number of hydrogen-bond acceptors (Lipinski definition) is 5. The van der Waals surface area contributed by atoms with Crippen molar-refractivity contribution in [2.24, 2.45) is 0 Å². The van der Waals surface area contributed by atoms with Crippen molar-refractivity contribution in [2.75, 3.05) is 38.7 Å². The van der Waals surface area contributed by atoms with Crippen LogP contribution in [0.25, 0.3) is 0 Å². The zero-order chi connectivity index (χ0) is 19.4. The van der Waals surface area contributed by atoms with Crippen LogP contribution in [0.3, 0.4) is 0 Å². The van der Waals surface area contributed by atoms with E-state index in [0.29, 0.717) is 17.5 Å². The minimum absolute atomic E-state index is 0.257. The van der Waals surface area contributed by atoms with E-state index in [2.05, 4.69) is 29.4 Å². The minimum Gasteiger partial charge on any atom is -0.456 e. The van der Waals surface area contributed by atoms with Crippen molar-refractivity contribution in [3.05, 3.63) is 29.3 Å². The van der Waals surface area contributed by atoms with Crippen molar-refractivity contribution >= 4 is 11.7 Å². The highest BCUT2D eigenvalue weighted by Gasteiger charge is 2.25. The Bertz CT molecular complexity index is 639. The first-order chi connectivity index (χ1) is 12.8. The lowest BCUT2D eigenvalue weighted by molar-refractivity contribution is 0.00706. The van der Waals surface area contributed by atoms with Crippen LogP contribution in [0.4, 0.5) is 5.69 Å². The van der Waals surface area contributed by atoms with Gasteiger partial charge in [0.1, 0.15) is 5.60 Å². The summed E-state index contributed by atoms with van der Waals surface area (Å²) in [5, 5.41) is 3.61. The second-order valence-electron chi connectivity index (χ2n) is 8.92. The van der Waals surface area contributed by atoms with Gasteiger partial charge in [-0.05, 0) is 90.2 Å². The predicted octanol–water partition coefficient (Wildman–Crippen LogP) is 4.04.